The predicted octanol–water partition coefficient (Wildman–Crippen LogP) is 1.92. The number of carbonyl (C=O) groups is 3. The molecule has 0 aromatic carbocycles. The van der Waals surface area contributed by atoms with E-state index < -0.39 is 33.4 Å². The lowest BCUT2D eigenvalue weighted by atomic mass is 9.74. The quantitative estimate of drug-likeness (QED) is 0.594. The molecule has 6 atom stereocenters. The van der Waals surface area contributed by atoms with Gasteiger partial charge < -0.3 is 19.8 Å². The number of hydrogen-bond acceptors (Lipinski definition) is 5. The minimum atomic E-state index is -0.838. The monoisotopic (exact) mass is 475 g/mol. The zero-order valence-corrected chi connectivity index (χ0v) is 21.2. The highest BCUT2D eigenvalue weighted by Gasteiger charge is 2.74. The van der Waals surface area contributed by atoms with Crippen LogP contribution in [-0.4, -0.2) is 92.4 Å². The smallest absolute Gasteiger partial charge is 0.247 e. The van der Waals surface area contributed by atoms with Crippen molar-refractivity contribution in [1.29, 1.82) is 0 Å². The van der Waals surface area contributed by atoms with Crippen LogP contribution in [0.2, 0.25) is 0 Å². The van der Waals surface area contributed by atoms with Gasteiger partial charge in [-0.05, 0) is 19.3 Å². The number of likely N-dealkylation sites (N-methyl/N-ethyl adjacent to an activating group) is 1. The molecule has 0 bridgehead atoms. The van der Waals surface area contributed by atoms with E-state index in [4.69, 9.17) is 0 Å². The molecule has 0 aromatic heterocycles. The van der Waals surface area contributed by atoms with Crippen molar-refractivity contribution in [2.24, 2.45) is 17.8 Å². The number of hydrogen-bond donors (Lipinski definition) is 1. The van der Waals surface area contributed by atoms with Crippen LogP contribution in [0.4, 0.5) is 0 Å². The SMILES string of the molecule is CCCCN1CC=C[C@]23S[C@]4(C)C=CCN(C)C(=O)[C@@H]4[C@H]2C(=O)N([C@@H](CO)C(C)C)C3C1=O. The van der Waals surface area contributed by atoms with Crippen molar-refractivity contribution in [3.63, 3.8) is 0 Å². The molecule has 4 rings (SSSR count). The van der Waals surface area contributed by atoms with Gasteiger partial charge in [-0.15, -0.1) is 11.8 Å². The summed E-state index contributed by atoms with van der Waals surface area (Å²) in [6.45, 7) is 9.49. The van der Waals surface area contributed by atoms with Crippen LogP contribution >= 0.6 is 11.8 Å². The van der Waals surface area contributed by atoms with Crippen LogP contribution in [0.1, 0.15) is 40.5 Å². The van der Waals surface area contributed by atoms with E-state index in [9.17, 15) is 19.5 Å². The molecule has 4 heterocycles. The highest BCUT2D eigenvalue weighted by atomic mass is 32.2. The molecule has 1 spiro atoms. The summed E-state index contributed by atoms with van der Waals surface area (Å²) in [4.78, 5) is 47.0. The van der Waals surface area contributed by atoms with Gasteiger partial charge in [0.1, 0.15) is 6.04 Å². The second-order valence-corrected chi connectivity index (χ2v) is 12.2. The van der Waals surface area contributed by atoms with Gasteiger partial charge in [-0.25, -0.2) is 0 Å². The summed E-state index contributed by atoms with van der Waals surface area (Å²) in [5, 5.41) is 10.3. The minimum Gasteiger partial charge on any atom is -0.394 e. The van der Waals surface area contributed by atoms with Gasteiger partial charge in [0.05, 0.1) is 29.2 Å². The maximum absolute atomic E-state index is 14.2. The Hall–Kier alpha value is -1.80. The van der Waals surface area contributed by atoms with Gasteiger partial charge in [-0.2, -0.15) is 0 Å². The number of fused-ring (bicyclic) bond motifs is 2. The summed E-state index contributed by atoms with van der Waals surface area (Å²) >= 11 is 1.60. The zero-order valence-electron chi connectivity index (χ0n) is 20.4. The normalized spacial score (nSPS) is 36.8. The van der Waals surface area contributed by atoms with Crippen LogP contribution in [-0.2, 0) is 14.4 Å². The fraction of sp³-hybridized carbons (Fsp3) is 0.720. The molecule has 1 unspecified atom stereocenters. The van der Waals surface area contributed by atoms with Crippen LogP contribution in [0.25, 0.3) is 0 Å². The van der Waals surface area contributed by atoms with Crippen molar-refractivity contribution in [2.75, 3.05) is 33.3 Å². The maximum atomic E-state index is 14.2. The Labute approximate surface area is 201 Å². The number of thioether (sulfide) groups is 1. The Kier molecular flexibility index (Phi) is 6.46. The number of rotatable bonds is 6. The maximum Gasteiger partial charge on any atom is 0.247 e. The molecule has 0 radical (unpaired) electrons. The standard InChI is InChI=1S/C25H37N3O4S/c1-6-7-13-27-14-9-11-25-19(18-21(30)26(5)12-8-10-24(18,4)33-25)22(31)28(20(25)23(27)32)17(15-29)16(2)3/h8-11,16-20,29H,6-7,12-15H2,1-5H3/t17-,18-,19-,20?,24+,25-/m0/s1. The minimum absolute atomic E-state index is 0.0252. The lowest BCUT2D eigenvalue weighted by Crippen LogP contribution is -2.58. The first-order valence-electron chi connectivity index (χ1n) is 12.1. The van der Waals surface area contributed by atoms with Gasteiger partial charge in [-0.3, -0.25) is 14.4 Å². The molecule has 7 nitrogen and oxygen atoms in total. The number of carbonyl (C=O) groups excluding carboxylic acids is 3. The second kappa shape index (κ2) is 8.77. The molecule has 3 amide bonds. The summed E-state index contributed by atoms with van der Waals surface area (Å²) in [5.74, 6) is -1.53. The average molecular weight is 476 g/mol. The summed E-state index contributed by atoms with van der Waals surface area (Å²) in [6.07, 6.45) is 9.99. The van der Waals surface area contributed by atoms with Gasteiger partial charge in [0, 0.05) is 31.4 Å². The molecule has 2 fully saturated rings. The Morgan fingerprint density at radius 2 is 1.79 bits per heavy atom. The topological polar surface area (TPSA) is 81.2 Å². The van der Waals surface area contributed by atoms with E-state index >= 15 is 0 Å². The largest absolute Gasteiger partial charge is 0.394 e. The van der Waals surface area contributed by atoms with Gasteiger partial charge in [0.2, 0.25) is 17.7 Å². The van der Waals surface area contributed by atoms with E-state index in [1.54, 1.807) is 28.6 Å². The Morgan fingerprint density at radius 1 is 1.09 bits per heavy atom. The molecule has 4 aliphatic heterocycles. The van der Waals surface area contributed by atoms with Crippen molar-refractivity contribution >= 4 is 29.5 Å². The summed E-state index contributed by atoms with van der Waals surface area (Å²) in [5.41, 5.74) is 0. The van der Waals surface area contributed by atoms with Crippen LogP contribution in [0, 0.1) is 17.8 Å². The van der Waals surface area contributed by atoms with E-state index in [-0.39, 0.29) is 30.2 Å². The van der Waals surface area contributed by atoms with E-state index in [1.807, 2.05) is 43.9 Å². The van der Waals surface area contributed by atoms with Crippen LogP contribution in [0.5, 0.6) is 0 Å². The first kappa shape index (κ1) is 24.3. The number of aliphatic hydroxyl groups excluding tert-OH is 1. The van der Waals surface area contributed by atoms with Gasteiger partial charge in [-0.1, -0.05) is 51.5 Å². The number of unbranched alkanes of at least 4 members (excludes halogenated alkanes) is 1. The van der Waals surface area contributed by atoms with Crippen molar-refractivity contribution in [2.45, 2.75) is 62.1 Å². The molecule has 0 aliphatic carbocycles. The third-order valence-corrected chi connectivity index (χ3v) is 9.67. The molecule has 33 heavy (non-hydrogen) atoms. The number of nitrogens with zero attached hydrogens (tertiary/aromatic N) is 3. The highest BCUT2D eigenvalue weighted by molar-refractivity contribution is 8.02. The lowest BCUT2D eigenvalue weighted by Gasteiger charge is -2.41. The van der Waals surface area contributed by atoms with Crippen molar-refractivity contribution in [3.8, 4) is 0 Å². The molecule has 4 aliphatic rings. The summed E-state index contributed by atoms with van der Waals surface area (Å²) < 4.78 is -1.42. The Balaban J connectivity index is 1.89. The third-order valence-electron chi connectivity index (χ3n) is 7.88. The molecule has 0 saturated carbocycles. The molecule has 0 aromatic rings. The molecule has 182 valence electrons. The zero-order chi connectivity index (χ0) is 24.1. The molecular weight excluding hydrogens is 438 g/mol. The predicted molar refractivity (Wildman–Crippen MR) is 129 cm³/mol. The van der Waals surface area contributed by atoms with Crippen molar-refractivity contribution < 1.29 is 19.5 Å². The third kappa shape index (κ3) is 3.55. The fourth-order valence-electron chi connectivity index (χ4n) is 6.16. The average Bonchev–Trinajstić information content (AvgIpc) is 3.04. The van der Waals surface area contributed by atoms with E-state index in [1.165, 1.54) is 0 Å². The van der Waals surface area contributed by atoms with Gasteiger partial charge >= 0.3 is 0 Å². The van der Waals surface area contributed by atoms with Gasteiger partial charge in [0.25, 0.3) is 0 Å². The fourth-order valence-corrected chi connectivity index (χ4v) is 8.30. The van der Waals surface area contributed by atoms with Crippen LogP contribution < -0.4 is 0 Å². The summed E-state index contributed by atoms with van der Waals surface area (Å²) in [6, 6.07) is -1.21. The molecule has 8 heteroatoms. The summed E-state index contributed by atoms with van der Waals surface area (Å²) in [7, 11) is 1.77. The Morgan fingerprint density at radius 3 is 2.42 bits per heavy atom. The molecule has 1 N–H and O–H groups in total. The van der Waals surface area contributed by atoms with Crippen LogP contribution in [0.3, 0.4) is 0 Å². The highest BCUT2D eigenvalue weighted by Crippen LogP contribution is 2.65. The van der Waals surface area contributed by atoms with E-state index in [0.29, 0.717) is 19.6 Å². The lowest BCUT2D eigenvalue weighted by molar-refractivity contribution is -0.147. The number of aliphatic hydroxyl groups is 1. The number of likely N-dealkylation sites (tertiary alicyclic amines) is 1. The Bertz CT molecular complexity index is 889. The van der Waals surface area contributed by atoms with E-state index in [0.717, 1.165) is 12.8 Å². The molecule has 2 saturated heterocycles. The van der Waals surface area contributed by atoms with Crippen LogP contribution in [0.15, 0.2) is 24.3 Å². The van der Waals surface area contributed by atoms with Gasteiger partial charge in [0.15, 0.2) is 0 Å². The second-order valence-electron chi connectivity index (χ2n) is 10.4. The molecular formula is C25H37N3O4S. The first-order chi connectivity index (χ1) is 15.6. The first-order valence-corrected chi connectivity index (χ1v) is 13.0. The van der Waals surface area contributed by atoms with Crippen molar-refractivity contribution in [3.05, 3.63) is 24.3 Å². The number of amides is 3. The van der Waals surface area contributed by atoms with E-state index in [2.05, 4.69) is 13.0 Å². The van der Waals surface area contributed by atoms with Crippen molar-refractivity contribution in [1.82, 2.24) is 14.7 Å².